The van der Waals surface area contributed by atoms with Gasteiger partial charge in [0.15, 0.2) is 0 Å². The third-order valence-corrected chi connectivity index (χ3v) is 6.43. The van der Waals surface area contributed by atoms with Gasteiger partial charge in [0.1, 0.15) is 17.7 Å². The van der Waals surface area contributed by atoms with Crippen molar-refractivity contribution in [3.05, 3.63) is 83.9 Å². The van der Waals surface area contributed by atoms with E-state index in [1.54, 1.807) is 20.8 Å². The van der Waals surface area contributed by atoms with E-state index in [-0.39, 0.29) is 12.8 Å². The molecule has 3 rings (SSSR count). The number of fused-ring (bicyclic) bond motifs is 1. The molecule has 3 aromatic rings. The van der Waals surface area contributed by atoms with Crippen LogP contribution in [0, 0.1) is 0 Å². The fourth-order valence-corrected chi connectivity index (χ4v) is 4.30. The number of ether oxygens (including phenoxy) is 1. The lowest BCUT2D eigenvalue weighted by Gasteiger charge is -2.35. The second kappa shape index (κ2) is 13.1. The van der Waals surface area contributed by atoms with E-state index in [2.05, 4.69) is 10.9 Å². The van der Waals surface area contributed by atoms with Crippen LogP contribution in [-0.2, 0) is 32.0 Å². The SMILES string of the molecule is CC(=O)NNC(=O)C(Cc1ccccc1)N(C)C(=O)C(Cc1ccc2ccccc2c1)N(C)C(=O)OC(C)(C)C. The van der Waals surface area contributed by atoms with Gasteiger partial charge in [-0.2, -0.15) is 0 Å². The van der Waals surface area contributed by atoms with Crippen molar-refractivity contribution in [2.45, 2.75) is 58.2 Å². The average molecular weight is 547 g/mol. The van der Waals surface area contributed by atoms with E-state index in [0.717, 1.165) is 21.9 Å². The first-order valence-electron chi connectivity index (χ1n) is 13.2. The van der Waals surface area contributed by atoms with Crippen molar-refractivity contribution >= 4 is 34.6 Å². The van der Waals surface area contributed by atoms with E-state index in [1.165, 1.54) is 30.8 Å². The van der Waals surface area contributed by atoms with E-state index < -0.39 is 41.5 Å². The minimum absolute atomic E-state index is 0.202. The molecule has 3 aromatic carbocycles. The number of hydrogen-bond donors (Lipinski definition) is 2. The molecule has 0 bridgehead atoms. The highest BCUT2D eigenvalue weighted by Crippen LogP contribution is 2.21. The number of likely N-dealkylation sites (N-methyl/N-ethyl adjacent to an activating group) is 2. The Morgan fingerprint density at radius 2 is 1.35 bits per heavy atom. The molecule has 0 saturated carbocycles. The summed E-state index contributed by atoms with van der Waals surface area (Å²) in [7, 11) is 3.05. The molecule has 2 unspecified atom stereocenters. The van der Waals surface area contributed by atoms with Gasteiger partial charge in [0.05, 0.1) is 0 Å². The van der Waals surface area contributed by atoms with E-state index >= 15 is 0 Å². The first-order valence-corrected chi connectivity index (χ1v) is 13.2. The van der Waals surface area contributed by atoms with E-state index in [9.17, 15) is 19.2 Å². The quantitative estimate of drug-likeness (QED) is 0.417. The summed E-state index contributed by atoms with van der Waals surface area (Å²) in [4.78, 5) is 54.5. The van der Waals surface area contributed by atoms with Crippen molar-refractivity contribution in [1.29, 1.82) is 0 Å². The maximum absolute atomic E-state index is 14.1. The number of nitrogens with one attached hydrogen (secondary N) is 2. The molecule has 212 valence electrons. The molecule has 0 saturated heterocycles. The Morgan fingerprint density at radius 3 is 1.98 bits per heavy atom. The molecule has 0 aromatic heterocycles. The third kappa shape index (κ3) is 8.30. The Hall–Kier alpha value is -4.40. The average Bonchev–Trinajstić information content (AvgIpc) is 2.91. The van der Waals surface area contributed by atoms with Gasteiger partial charge < -0.3 is 9.64 Å². The van der Waals surface area contributed by atoms with Crippen LogP contribution in [0.1, 0.15) is 38.8 Å². The van der Waals surface area contributed by atoms with Crippen molar-refractivity contribution in [3.63, 3.8) is 0 Å². The zero-order chi connectivity index (χ0) is 29.4. The van der Waals surface area contributed by atoms with Gasteiger partial charge >= 0.3 is 6.09 Å². The molecule has 0 aliphatic carbocycles. The van der Waals surface area contributed by atoms with Gasteiger partial charge in [-0.1, -0.05) is 72.8 Å². The molecule has 0 radical (unpaired) electrons. The minimum Gasteiger partial charge on any atom is -0.444 e. The zero-order valence-corrected chi connectivity index (χ0v) is 23.9. The molecule has 2 N–H and O–H groups in total. The van der Waals surface area contributed by atoms with Crippen LogP contribution in [0.5, 0.6) is 0 Å². The normalized spacial score (nSPS) is 12.7. The minimum atomic E-state index is -0.965. The molecule has 0 aliphatic rings. The number of nitrogens with zero attached hydrogens (tertiary/aromatic N) is 2. The van der Waals surface area contributed by atoms with Crippen molar-refractivity contribution < 1.29 is 23.9 Å². The second-order valence-electron chi connectivity index (χ2n) is 10.8. The molecule has 2 atom stereocenters. The lowest BCUT2D eigenvalue weighted by Crippen LogP contribution is -2.58. The van der Waals surface area contributed by atoms with Crippen LogP contribution in [0.2, 0.25) is 0 Å². The van der Waals surface area contributed by atoms with Gasteiger partial charge in [-0.05, 0) is 42.7 Å². The fraction of sp³-hybridized carbons (Fsp3) is 0.355. The maximum atomic E-state index is 14.1. The molecule has 0 aliphatic heterocycles. The van der Waals surface area contributed by atoms with Gasteiger partial charge in [0.25, 0.3) is 5.91 Å². The van der Waals surface area contributed by atoms with Gasteiger partial charge in [-0.3, -0.25) is 30.1 Å². The van der Waals surface area contributed by atoms with Crippen LogP contribution in [0.3, 0.4) is 0 Å². The summed E-state index contributed by atoms with van der Waals surface area (Å²) in [5.74, 6) is -1.45. The lowest BCUT2D eigenvalue weighted by atomic mass is 9.98. The summed E-state index contributed by atoms with van der Waals surface area (Å²) < 4.78 is 5.58. The van der Waals surface area contributed by atoms with Gasteiger partial charge in [0, 0.05) is 33.9 Å². The molecule has 0 fully saturated rings. The molecule has 9 nitrogen and oxygen atoms in total. The Kier molecular flexibility index (Phi) is 9.87. The van der Waals surface area contributed by atoms with Crippen molar-refractivity contribution in [2.75, 3.05) is 14.1 Å². The summed E-state index contributed by atoms with van der Waals surface area (Å²) in [6.45, 7) is 6.55. The van der Waals surface area contributed by atoms with Gasteiger partial charge in [0.2, 0.25) is 11.8 Å². The first kappa shape index (κ1) is 30.1. The third-order valence-electron chi connectivity index (χ3n) is 6.43. The molecular formula is C31H38N4O5. The molecule has 0 spiro atoms. The lowest BCUT2D eigenvalue weighted by molar-refractivity contribution is -0.143. The molecular weight excluding hydrogens is 508 g/mol. The van der Waals surface area contributed by atoms with Crippen LogP contribution in [0.4, 0.5) is 4.79 Å². The summed E-state index contributed by atoms with van der Waals surface area (Å²) in [5, 5.41) is 2.07. The van der Waals surface area contributed by atoms with Crippen molar-refractivity contribution in [3.8, 4) is 0 Å². The maximum Gasteiger partial charge on any atom is 0.410 e. The molecule has 0 heterocycles. The number of rotatable bonds is 8. The van der Waals surface area contributed by atoms with Crippen molar-refractivity contribution in [1.82, 2.24) is 20.7 Å². The summed E-state index contributed by atoms with van der Waals surface area (Å²) in [5.41, 5.74) is 5.61. The smallest absolute Gasteiger partial charge is 0.410 e. The number of carbonyl (C=O) groups excluding carboxylic acids is 4. The Labute approximate surface area is 235 Å². The van der Waals surface area contributed by atoms with Gasteiger partial charge in [-0.15, -0.1) is 0 Å². The number of hydrogen-bond acceptors (Lipinski definition) is 5. The van der Waals surface area contributed by atoms with Crippen LogP contribution < -0.4 is 10.9 Å². The summed E-state index contributed by atoms with van der Waals surface area (Å²) >= 11 is 0. The van der Waals surface area contributed by atoms with Crippen LogP contribution in [0.15, 0.2) is 72.8 Å². The van der Waals surface area contributed by atoms with Crippen LogP contribution in [-0.4, -0.2) is 65.4 Å². The monoisotopic (exact) mass is 546 g/mol. The summed E-state index contributed by atoms with van der Waals surface area (Å²) in [6, 6.07) is 21.1. The van der Waals surface area contributed by atoms with Crippen molar-refractivity contribution in [2.24, 2.45) is 0 Å². The van der Waals surface area contributed by atoms with Crippen LogP contribution in [0.25, 0.3) is 10.8 Å². The second-order valence-corrected chi connectivity index (χ2v) is 10.8. The zero-order valence-electron chi connectivity index (χ0n) is 23.9. The highest BCUT2D eigenvalue weighted by molar-refractivity contribution is 5.92. The highest BCUT2D eigenvalue weighted by atomic mass is 16.6. The predicted octanol–water partition coefficient (Wildman–Crippen LogP) is 3.85. The summed E-state index contributed by atoms with van der Waals surface area (Å²) in [6.07, 6.45) is -0.245. The highest BCUT2D eigenvalue weighted by Gasteiger charge is 2.36. The molecule has 4 amide bonds. The standard InChI is InChI=1S/C31H38N4O5/c1-21(36)32-33-28(37)26(19-22-12-8-7-9-13-22)34(5)29(38)27(35(6)30(39)40-31(2,3)4)20-23-16-17-24-14-10-11-15-25(24)18-23/h7-18,26-27H,19-20H2,1-6H3,(H,32,36)(H,33,37). The number of hydrazine groups is 1. The number of carbonyl (C=O) groups is 4. The molecule has 9 heteroatoms. The number of amides is 4. The Balaban J connectivity index is 1.96. The van der Waals surface area contributed by atoms with E-state index in [0.29, 0.717) is 0 Å². The Morgan fingerprint density at radius 1 is 0.750 bits per heavy atom. The van der Waals surface area contributed by atoms with Gasteiger partial charge in [-0.25, -0.2) is 4.79 Å². The first-order chi connectivity index (χ1) is 18.9. The number of benzene rings is 3. The van der Waals surface area contributed by atoms with E-state index in [1.807, 2.05) is 72.8 Å². The predicted molar refractivity (Wildman–Crippen MR) is 154 cm³/mol. The van der Waals surface area contributed by atoms with E-state index in [4.69, 9.17) is 4.74 Å². The van der Waals surface area contributed by atoms with Crippen LogP contribution >= 0.6 is 0 Å². The Bertz CT molecular complexity index is 1350. The largest absolute Gasteiger partial charge is 0.444 e. The molecule has 40 heavy (non-hydrogen) atoms. The fourth-order valence-electron chi connectivity index (χ4n) is 4.30. The topological polar surface area (TPSA) is 108 Å².